The molecule has 0 bridgehead atoms. The molecule has 4 nitrogen and oxygen atoms in total. The molecule has 0 unspecified atom stereocenters. The number of hydrogen-bond acceptors (Lipinski definition) is 3. The van der Waals surface area contributed by atoms with E-state index >= 15 is 0 Å². The molecule has 0 aliphatic heterocycles. The summed E-state index contributed by atoms with van der Waals surface area (Å²) in [5.41, 5.74) is 1.92. The second-order valence-electron chi connectivity index (χ2n) is 4.98. The van der Waals surface area contributed by atoms with E-state index in [1.54, 1.807) is 12.3 Å². The fraction of sp³-hybridized carbons (Fsp3) is 0.294. The zero-order chi connectivity index (χ0) is 15.1. The fourth-order valence-electron chi connectivity index (χ4n) is 2.03. The van der Waals surface area contributed by atoms with Crippen molar-refractivity contribution in [3.8, 4) is 0 Å². The van der Waals surface area contributed by atoms with E-state index < -0.39 is 0 Å². The van der Waals surface area contributed by atoms with Crippen molar-refractivity contribution in [1.29, 1.82) is 0 Å². The Morgan fingerprint density at radius 1 is 1.19 bits per heavy atom. The number of hydrogen-bond donors (Lipinski definition) is 0. The number of esters is 1. The minimum absolute atomic E-state index is 0.0373. The number of aryl methyl sites for hydroxylation is 2. The van der Waals surface area contributed by atoms with E-state index in [2.05, 4.69) is 0 Å². The topological polar surface area (TPSA) is 48.3 Å². The summed E-state index contributed by atoms with van der Waals surface area (Å²) in [5.74, 6) is -0.381. The van der Waals surface area contributed by atoms with Crippen LogP contribution in [-0.2, 0) is 22.5 Å². The molecule has 0 radical (unpaired) electrons. The van der Waals surface area contributed by atoms with E-state index in [0.717, 1.165) is 18.4 Å². The zero-order valence-corrected chi connectivity index (χ0v) is 12.1. The molecule has 0 aliphatic rings. The molecular weight excluding hydrogens is 266 g/mol. The normalized spacial score (nSPS) is 10.3. The Morgan fingerprint density at radius 3 is 2.67 bits per heavy atom. The molecule has 1 heterocycles. The predicted octanol–water partition coefficient (Wildman–Crippen LogP) is 2.33. The van der Waals surface area contributed by atoms with Gasteiger partial charge in [0.1, 0.15) is 6.54 Å². The zero-order valence-electron chi connectivity index (χ0n) is 12.1. The molecule has 0 N–H and O–H groups in total. The number of nitrogens with zero attached hydrogens (tertiary/aromatic N) is 1. The van der Waals surface area contributed by atoms with E-state index in [4.69, 9.17) is 4.74 Å². The van der Waals surface area contributed by atoms with Gasteiger partial charge in [-0.2, -0.15) is 0 Å². The maximum absolute atomic E-state index is 11.7. The molecule has 0 aliphatic carbocycles. The van der Waals surface area contributed by atoms with Gasteiger partial charge in [-0.3, -0.25) is 9.59 Å². The highest BCUT2D eigenvalue weighted by Crippen LogP contribution is 2.02. The Hall–Kier alpha value is -2.36. The van der Waals surface area contributed by atoms with E-state index in [1.807, 2.05) is 37.3 Å². The second kappa shape index (κ2) is 7.43. The third-order valence-corrected chi connectivity index (χ3v) is 3.17. The predicted molar refractivity (Wildman–Crippen MR) is 81.2 cm³/mol. The van der Waals surface area contributed by atoms with Crippen molar-refractivity contribution in [2.24, 2.45) is 0 Å². The second-order valence-corrected chi connectivity index (χ2v) is 4.98. The molecule has 0 saturated heterocycles. The summed E-state index contributed by atoms with van der Waals surface area (Å²) < 4.78 is 6.51. The number of aromatic nitrogens is 1. The summed E-state index contributed by atoms with van der Waals surface area (Å²) in [6.07, 6.45) is 3.26. The number of ether oxygens (including phenoxy) is 1. The van der Waals surface area contributed by atoms with Gasteiger partial charge in [0.15, 0.2) is 0 Å². The highest BCUT2D eigenvalue weighted by molar-refractivity contribution is 5.69. The highest BCUT2D eigenvalue weighted by atomic mass is 16.5. The third kappa shape index (κ3) is 4.91. The van der Waals surface area contributed by atoms with Gasteiger partial charge >= 0.3 is 5.97 Å². The lowest BCUT2D eigenvalue weighted by Crippen LogP contribution is -2.24. The average Bonchev–Trinajstić information content (AvgIpc) is 2.48. The van der Waals surface area contributed by atoms with E-state index in [1.165, 1.54) is 16.2 Å². The Kier molecular flexibility index (Phi) is 5.32. The Bertz CT molecular complexity index is 647. The minimum Gasteiger partial charge on any atom is -0.464 e. The van der Waals surface area contributed by atoms with Gasteiger partial charge in [0, 0.05) is 12.3 Å². The van der Waals surface area contributed by atoms with E-state index in [9.17, 15) is 9.59 Å². The molecule has 0 spiro atoms. The molecule has 110 valence electrons. The largest absolute Gasteiger partial charge is 0.464 e. The van der Waals surface area contributed by atoms with Crippen molar-refractivity contribution in [3.63, 3.8) is 0 Å². The summed E-state index contributed by atoms with van der Waals surface area (Å²) in [4.78, 5) is 23.3. The standard InChI is InChI=1S/C17H19NO3/c1-14-9-10-18(16(19)12-14)13-17(20)21-11-5-8-15-6-3-2-4-7-15/h2-4,6-7,9-10,12H,5,8,11,13H2,1H3. The summed E-state index contributed by atoms with van der Waals surface area (Å²) >= 11 is 0. The summed E-state index contributed by atoms with van der Waals surface area (Å²) in [7, 11) is 0. The van der Waals surface area contributed by atoms with Crippen LogP contribution in [0.25, 0.3) is 0 Å². The monoisotopic (exact) mass is 285 g/mol. The molecule has 21 heavy (non-hydrogen) atoms. The van der Waals surface area contributed by atoms with Gasteiger partial charge in [0.05, 0.1) is 6.61 Å². The van der Waals surface area contributed by atoms with Crippen LogP contribution in [0, 0.1) is 6.92 Å². The lowest BCUT2D eigenvalue weighted by Gasteiger charge is -2.07. The van der Waals surface area contributed by atoms with Crippen LogP contribution in [0.1, 0.15) is 17.5 Å². The highest BCUT2D eigenvalue weighted by Gasteiger charge is 2.05. The molecule has 0 amide bonds. The van der Waals surface area contributed by atoms with Crippen LogP contribution in [0.2, 0.25) is 0 Å². The first-order chi connectivity index (χ1) is 10.1. The van der Waals surface area contributed by atoms with Gasteiger partial charge in [0.25, 0.3) is 5.56 Å². The van der Waals surface area contributed by atoms with E-state index in [-0.39, 0.29) is 18.1 Å². The summed E-state index contributed by atoms with van der Waals surface area (Å²) in [5, 5.41) is 0. The Morgan fingerprint density at radius 2 is 1.95 bits per heavy atom. The lowest BCUT2D eigenvalue weighted by atomic mass is 10.1. The smallest absolute Gasteiger partial charge is 0.326 e. The first-order valence-electron chi connectivity index (χ1n) is 7.02. The van der Waals surface area contributed by atoms with Crippen LogP contribution in [0.5, 0.6) is 0 Å². The maximum Gasteiger partial charge on any atom is 0.326 e. The van der Waals surface area contributed by atoms with Crippen LogP contribution >= 0.6 is 0 Å². The molecule has 2 rings (SSSR count). The number of carbonyl (C=O) groups is 1. The van der Waals surface area contributed by atoms with Crippen molar-refractivity contribution < 1.29 is 9.53 Å². The van der Waals surface area contributed by atoms with Crippen molar-refractivity contribution >= 4 is 5.97 Å². The van der Waals surface area contributed by atoms with Crippen LogP contribution < -0.4 is 5.56 Å². The number of pyridine rings is 1. The van der Waals surface area contributed by atoms with Crippen molar-refractivity contribution in [2.75, 3.05) is 6.61 Å². The maximum atomic E-state index is 11.7. The van der Waals surface area contributed by atoms with Crippen LogP contribution in [0.15, 0.2) is 53.5 Å². The van der Waals surface area contributed by atoms with Crippen LogP contribution in [0.3, 0.4) is 0 Å². The lowest BCUT2D eigenvalue weighted by molar-refractivity contribution is -0.144. The van der Waals surface area contributed by atoms with Crippen molar-refractivity contribution in [1.82, 2.24) is 4.57 Å². The summed E-state index contributed by atoms with van der Waals surface area (Å²) in [6.45, 7) is 2.17. The summed E-state index contributed by atoms with van der Waals surface area (Å²) in [6, 6.07) is 13.4. The molecule has 0 atom stereocenters. The fourth-order valence-corrected chi connectivity index (χ4v) is 2.03. The van der Waals surface area contributed by atoms with Crippen LogP contribution in [-0.4, -0.2) is 17.1 Å². The Balaban J connectivity index is 1.74. The van der Waals surface area contributed by atoms with Crippen molar-refractivity contribution in [3.05, 3.63) is 70.1 Å². The van der Waals surface area contributed by atoms with Gasteiger partial charge in [0.2, 0.25) is 0 Å². The van der Waals surface area contributed by atoms with Gasteiger partial charge in [-0.05, 0) is 37.0 Å². The molecule has 2 aromatic rings. The van der Waals surface area contributed by atoms with Crippen LogP contribution in [0.4, 0.5) is 0 Å². The Labute approximate surface area is 124 Å². The third-order valence-electron chi connectivity index (χ3n) is 3.17. The number of rotatable bonds is 6. The molecule has 0 fully saturated rings. The quantitative estimate of drug-likeness (QED) is 0.604. The van der Waals surface area contributed by atoms with E-state index in [0.29, 0.717) is 6.61 Å². The number of carbonyl (C=O) groups excluding carboxylic acids is 1. The van der Waals surface area contributed by atoms with Gasteiger partial charge in [-0.1, -0.05) is 30.3 Å². The molecular formula is C17H19NO3. The first kappa shape index (κ1) is 15.0. The van der Waals surface area contributed by atoms with Crippen molar-refractivity contribution in [2.45, 2.75) is 26.3 Å². The number of benzene rings is 1. The first-order valence-corrected chi connectivity index (χ1v) is 7.02. The molecule has 1 aromatic heterocycles. The SMILES string of the molecule is Cc1ccn(CC(=O)OCCCc2ccccc2)c(=O)c1. The minimum atomic E-state index is -0.381. The molecule has 0 saturated carbocycles. The van der Waals surface area contributed by atoms with Gasteiger partial charge < -0.3 is 9.30 Å². The molecule has 4 heteroatoms. The average molecular weight is 285 g/mol. The van der Waals surface area contributed by atoms with Gasteiger partial charge in [-0.25, -0.2) is 0 Å². The molecule has 1 aromatic carbocycles. The van der Waals surface area contributed by atoms with Gasteiger partial charge in [-0.15, -0.1) is 0 Å².